The van der Waals surface area contributed by atoms with Crippen LogP contribution in [0.5, 0.6) is 11.5 Å². The third-order valence-corrected chi connectivity index (χ3v) is 3.35. The first kappa shape index (κ1) is 13.5. The number of ether oxygens (including phenoxy) is 1. The summed E-state index contributed by atoms with van der Waals surface area (Å²) in [6.45, 7) is 0.383. The number of rotatable bonds is 4. The number of aromatic nitrogens is 1. The first-order chi connectivity index (χ1) is 10.3. The zero-order valence-electron chi connectivity index (χ0n) is 11.5. The van der Waals surface area contributed by atoms with E-state index >= 15 is 0 Å². The lowest BCUT2D eigenvalue weighted by Gasteiger charge is -2.13. The molecule has 0 aliphatic rings. The molecule has 0 aliphatic heterocycles. The third kappa shape index (κ3) is 2.72. The summed E-state index contributed by atoms with van der Waals surface area (Å²) in [5.74, 6) is 1.44. The molecule has 1 heterocycles. The molecule has 0 bridgehead atoms. The van der Waals surface area contributed by atoms with Crippen LogP contribution in [-0.4, -0.2) is 10.1 Å². The molecule has 0 spiro atoms. The molecule has 0 saturated heterocycles. The predicted molar refractivity (Wildman–Crippen MR) is 82.1 cm³/mol. The van der Waals surface area contributed by atoms with Crippen LogP contribution in [-0.2, 0) is 13.2 Å². The van der Waals surface area contributed by atoms with Gasteiger partial charge in [-0.1, -0.05) is 24.3 Å². The Morgan fingerprint density at radius 2 is 1.81 bits per heavy atom. The number of hydrogen-bond acceptors (Lipinski definition) is 4. The molecule has 3 rings (SSSR count). The third-order valence-electron chi connectivity index (χ3n) is 3.35. The van der Waals surface area contributed by atoms with Gasteiger partial charge in [-0.3, -0.25) is 4.98 Å². The number of benzene rings is 2. The van der Waals surface area contributed by atoms with Crippen LogP contribution in [0.2, 0.25) is 0 Å². The predicted octanol–water partition coefficient (Wildman–Crippen LogP) is 2.98. The Morgan fingerprint density at radius 1 is 1.05 bits per heavy atom. The quantitative estimate of drug-likeness (QED) is 0.771. The monoisotopic (exact) mass is 280 g/mol. The van der Waals surface area contributed by atoms with Crippen LogP contribution in [0.15, 0.2) is 54.7 Å². The molecule has 0 fully saturated rings. The number of fused-ring (bicyclic) bond motifs is 1. The first-order valence-electron chi connectivity index (χ1n) is 6.76. The summed E-state index contributed by atoms with van der Waals surface area (Å²) in [5.41, 5.74) is 8.37. The normalized spacial score (nSPS) is 10.8. The van der Waals surface area contributed by atoms with Crippen molar-refractivity contribution in [2.24, 2.45) is 5.73 Å². The number of hydrogen-bond donors (Lipinski definition) is 2. The topological polar surface area (TPSA) is 68.4 Å². The van der Waals surface area contributed by atoms with Gasteiger partial charge in [0.15, 0.2) is 0 Å². The molecule has 3 aromatic rings. The van der Waals surface area contributed by atoms with E-state index in [1.807, 2.05) is 48.5 Å². The van der Waals surface area contributed by atoms with Crippen LogP contribution >= 0.6 is 0 Å². The van der Waals surface area contributed by atoms with Gasteiger partial charge < -0.3 is 15.6 Å². The van der Waals surface area contributed by atoms with Gasteiger partial charge >= 0.3 is 0 Å². The van der Waals surface area contributed by atoms with Gasteiger partial charge in [-0.15, -0.1) is 0 Å². The van der Waals surface area contributed by atoms with Gasteiger partial charge in [0.1, 0.15) is 11.5 Å². The maximum absolute atomic E-state index is 9.08. The minimum atomic E-state index is 0.0204. The van der Waals surface area contributed by atoms with Crippen molar-refractivity contribution < 1.29 is 9.84 Å². The van der Waals surface area contributed by atoms with Gasteiger partial charge in [0, 0.05) is 23.7 Å². The number of nitrogens with zero attached hydrogens (tertiary/aromatic N) is 1. The van der Waals surface area contributed by atoms with Crippen molar-refractivity contribution in [1.29, 1.82) is 0 Å². The van der Waals surface area contributed by atoms with Crippen molar-refractivity contribution in [3.8, 4) is 11.5 Å². The lowest BCUT2D eigenvalue weighted by molar-refractivity contribution is 0.281. The molecule has 1 aromatic heterocycles. The van der Waals surface area contributed by atoms with Crippen molar-refractivity contribution in [2.45, 2.75) is 13.2 Å². The van der Waals surface area contributed by atoms with Gasteiger partial charge in [-0.2, -0.15) is 0 Å². The Bertz CT molecular complexity index is 754. The molecule has 0 unspecified atom stereocenters. The molecular weight excluding hydrogens is 264 g/mol. The number of aliphatic hydroxyl groups excluding tert-OH is 1. The van der Waals surface area contributed by atoms with E-state index in [1.165, 1.54) is 0 Å². The summed E-state index contributed by atoms with van der Waals surface area (Å²) in [4.78, 5) is 4.39. The second-order valence-electron chi connectivity index (χ2n) is 4.74. The Hall–Kier alpha value is -2.43. The highest BCUT2D eigenvalue weighted by atomic mass is 16.5. The molecule has 3 N–H and O–H groups in total. The molecule has 4 heteroatoms. The Kier molecular flexibility index (Phi) is 3.81. The van der Waals surface area contributed by atoms with Crippen molar-refractivity contribution in [1.82, 2.24) is 4.98 Å². The SMILES string of the molecule is NCc1cnc2ccccc2c1Oc1ccc(CO)cc1. The van der Waals surface area contributed by atoms with E-state index in [2.05, 4.69) is 4.98 Å². The van der Waals surface area contributed by atoms with Crippen molar-refractivity contribution in [2.75, 3.05) is 0 Å². The van der Waals surface area contributed by atoms with Gasteiger partial charge in [-0.25, -0.2) is 0 Å². The highest BCUT2D eigenvalue weighted by Crippen LogP contribution is 2.32. The molecule has 2 aromatic carbocycles. The molecule has 0 amide bonds. The highest BCUT2D eigenvalue weighted by molar-refractivity contribution is 5.86. The minimum absolute atomic E-state index is 0.0204. The zero-order valence-corrected chi connectivity index (χ0v) is 11.5. The van der Waals surface area contributed by atoms with Crippen LogP contribution in [0.3, 0.4) is 0 Å². The molecule has 4 nitrogen and oxygen atoms in total. The van der Waals surface area contributed by atoms with E-state index in [0.717, 1.165) is 27.8 Å². The maximum Gasteiger partial charge on any atom is 0.142 e. The fourth-order valence-corrected chi connectivity index (χ4v) is 2.20. The second kappa shape index (κ2) is 5.91. The van der Waals surface area contributed by atoms with Gasteiger partial charge in [0.25, 0.3) is 0 Å². The summed E-state index contributed by atoms with van der Waals surface area (Å²) in [7, 11) is 0. The van der Waals surface area contributed by atoms with Crippen LogP contribution in [0, 0.1) is 0 Å². The van der Waals surface area contributed by atoms with Gasteiger partial charge in [-0.05, 0) is 29.8 Å². The van der Waals surface area contributed by atoms with Crippen LogP contribution in [0.25, 0.3) is 10.9 Å². The molecule has 106 valence electrons. The molecule has 0 saturated carbocycles. The second-order valence-corrected chi connectivity index (χ2v) is 4.74. The Labute approximate surface area is 122 Å². The minimum Gasteiger partial charge on any atom is -0.456 e. The first-order valence-corrected chi connectivity index (χ1v) is 6.76. The molecule has 21 heavy (non-hydrogen) atoms. The van der Waals surface area contributed by atoms with Crippen LogP contribution in [0.4, 0.5) is 0 Å². The zero-order chi connectivity index (χ0) is 14.7. The molecule has 0 radical (unpaired) electrons. The Morgan fingerprint density at radius 3 is 2.52 bits per heavy atom. The van der Waals surface area contributed by atoms with Crippen molar-refractivity contribution >= 4 is 10.9 Å². The van der Waals surface area contributed by atoms with Crippen LogP contribution in [0.1, 0.15) is 11.1 Å². The standard InChI is InChI=1S/C17H16N2O2/c18-9-13-10-19-16-4-2-1-3-15(16)17(13)21-14-7-5-12(11-20)6-8-14/h1-8,10,20H,9,11,18H2. The van der Waals surface area contributed by atoms with E-state index < -0.39 is 0 Å². The van der Waals surface area contributed by atoms with E-state index in [1.54, 1.807) is 6.20 Å². The van der Waals surface area contributed by atoms with E-state index in [-0.39, 0.29) is 6.61 Å². The van der Waals surface area contributed by atoms with E-state index in [4.69, 9.17) is 15.6 Å². The largest absolute Gasteiger partial charge is 0.456 e. The summed E-state index contributed by atoms with van der Waals surface area (Å²) in [5, 5.41) is 10.0. The van der Waals surface area contributed by atoms with Crippen LogP contribution < -0.4 is 10.5 Å². The lowest BCUT2D eigenvalue weighted by atomic mass is 10.1. The average molecular weight is 280 g/mol. The fourth-order valence-electron chi connectivity index (χ4n) is 2.20. The average Bonchev–Trinajstić information content (AvgIpc) is 2.56. The molecule has 0 aliphatic carbocycles. The van der Waals surface area contributed by atoms with Gasteiger partial charge in [0.2, 0.25) is 0 Å². The summed E-state index contributed by atoms with van der Waals surface area (Å²) < 4.78 is 6.01. The number of pyridine rings is 1. The Balaban J connectivity index is 2.05. The number of para-hydroxylation sites is 1. The number of nitrogens with two attached hydrogens (primary N) is 1. The fraction of sp³-hybridized carbons (Fsp3) is 0.118. The molecular formula is C17H16N2O2. The maximum atomic E-state index is 9.08. The van der Waals surface area contributed by atoms with E-state index in [0.29, 0.717) is 12.3 Å². The van der Waals surface area contributed by atoms with Crippen molar-refractivity contribution in [3.63, 3.8) is 0 Å². The van der Waals surface area contributed by atoms with E-state index in [9.17, 15) is 0 Å². The van der Waals surface area contributed by atoms with Gasteiger partial charge in [0.05, 0.1) is 12.1 Å². The van der Waals surface area contributed by atoms with Crippen molar-refractivity contribution in [3.05, 3.63) is 65.9 Å². The number of aliphatic hydroxyl groups is 1. The smallest absolute Gasteiger partial charge is 0.142 e. The summed E-state index contributed by atoms with van der Waals surface area (Å²) in [6, 6.07) is 15.1. The summed E-state index contributed by atoms with van der Waals surface area (Å²) in [6.07, 6.45) is 1.75. The lowest BCUT2D eigenvalue weighted by Crippen LogP contribution is -2.01. The highest BCUT2D eigenvalue weighted by Gasteiger charge is 2.10. The molecule has 0 atom stereocenters. The summed E-state index contributed by atoms with van der Waals surface area (Å²) >= 11 is 0.